The fourth-order valence-electron chi connectivity index (χ4n) is 3.06. The van der Waals surface area contributed by atoms with Crippen LogP contribution >= 0.6 is 23.4 Å². The lowest BCUT2D eigenvalue weighted by atomic mass is 10.2. The minimum atomic E-state index is -0.455. The van der Waals surface area contributed by atoms with Crippen molar-refractivity contribution in [1.82, 2.24) is 20.1 Å². The number of carbonyl (C=O) groups is 3. The molecule has 0 fully saturated rings. The maximum absolute atomic E-state index is 12.5. The molecule has 0 saturated heterocycles. The van der Waals surface area contributed by atoms with Crippen molar-refractivity contribution in [2.45, 2.75) is 38.2 Å². The summed E-state index contributed by atoms with van der Waals surface area (Å²) >= 11 is 7.07. The lowest BCUT2D eigenvalue weighted by Gasteiger charge is -2.10. The number of carbonyl (C=O) groups excluding carboxylic acids is 3. The van der Waals surface area contributed by atoms with Gasteiger partial charge in [0.05, 0.1) is 24.0 Å². The number of halogens is 1. The SMILES string of the molecule is C=CCn1c(CNC(=O)c2ccc(Cl)cc2)nnc1SCC(=O)Nc1cccc(C(=O)OC(C)C)c1. The quantitative estimate of drug-likeness (QED) is 0.216. The Bertz CT molecular complexity index is 1240. The van der Waals surface area contributed by atoms with Crippen LogP contribution in [0.3, 0.4) is 0 Å². The van der Waals surface area contributed by atoms with E-state index in [0.717, 1.165) is 0 Å². The lowest BCUT2D eigenvalue weighted by molar-refractivity contribution is -0.113. The van der Waals surface area contributed by atoms with E-state index in [0.29, 0.717) is 39.4 Å². The van der Waals surface area contributed by atoms with Crippen LogP contribution in [0.5, 0.6) is 0 Å². The van der Waals surface area contributed by atoms with Crippen LogP contribution in [-0.2, 0) is 22.6 Å². The summed E-state index contributed by atoms with van der Waals surface area (Å²) < 4.78 is 6.96. The zero-order valence-corrected chi connectivity index (χ0v) is 21.4. The van der Waals surface area contributed by atoms with Crippen LogP contribution in [0, 0.1) is 0 Å². The molecule has 3 rings (SSSR count). The fraction of sp³-hybridized carbons (Fsp3) is 0.240. The van der Waals surface area contributed by atoms with Crippen molar-refractivity contribution < 1.29 is 19.1 Å². The number of thioether (sulfide) groups is 1. The summed E-state index contributed by atoms with van der Waals surface area (Å²) in [5.41, 5.74) is 1.31. The number of benzene rings is 2. The molecular weight excluding hydrogens is 502 g/mol. The molecule has 9 nitrogen and oxygen atoms in total. The Balaban J connectivity index is 1.59. The van der Waals surface area contributed by atoms with Gasteiger partial charge >= 0.3 is 5.97 Å². The highest BCUT2D eigenvalue weighted by Gasteiger charge is 2.16. The normalized spacial score (nSPS) is 10.7. The summed E-state index contributed by atoms with van der Waals surface area (Å²) in [5, 5.41) is 14.9. The molecule has 36 heavy (non-hydrogen) atoms. The molecule has 2 amide bonds. The Morgan fingerprint density at radius 1 is 1.14 bits per heavy atom. The second-order valence-electron chi connectivity index (χ2n) is 7.86. The van der Waals surface area contributed by atoms with E-state index in [-0.39, 0.29) is 30.2 Å². The van der Waals surface area contributed by atoms with Gasteiger partial charge in [-0.3, -0.25) is 9.59 Å². The van der Waals surface area contributed by atoms with Crippen LogP contribution in [0.4, 0.5) is 5.69 Å². The second kappa shape index (κ2) is 12.9. The maximum atomic E-state index is 12.5. The molecule has 0 aliphatic heterocycles. The molecule has 1 aromatic heterocycles. The topological polar surface area (TPSA) is 115 Å². The number of hydrogen-bond donors (Lipinski definition) is 2. The van der Waals surface area contributed by atoms with Crippen LogP contribution in [-0.4, -0.2) is 44.4 Å². The molecule has 0 radical (unpaired) electrons. The molecule has 1 heterocycles. The summed E-state index contributed by atoms with van der Waals surface area (Å²) in [6.07, 6.45) is 1.44. The minimum Gasteiger partial charge on any atom is -0.459 e. The zero-order chi connectivity index (χ0) is 26.1. The average Bonchev–Trinajstić information content (AvgIpc) is 3.23. The first kappa shape index (κ1) is 27.0. The molecule has 2 N–H and O–H groups in total. The first-order valence-corrected chi connectivity index (χ1v) is 12.4. The van der Waals surface area contributed by atoms with E-state index in [1.54, 1.807) is 73.0 Å². The molecule has 0 saturated carbocycles. The molecule has 0 aliphatic rings. The van der Waals surface area contributed by atoms with E-state index in [2.05, 4.69) is 27.4 Å². The van der Waals surface area contributed by atoms with Gasteiger partial charge in [-0.1, -0.05) is 35.5 Å². The van der Waals surface area contributed by atoms with Crippen LogP contribution < -0.4 is 10.6 Å². The Kier molecular flexibility index (Phi) is 9.66. The molecule has 11 heteroatoms. The van der Waals surface area contributed by atoms with Crippen LogP contribution in [0.15, 0.2) is 66.3 Å². The highest BCUT2D eigenvalue weighted by atomic mass is 35.5. The highest BCUT2D eigenvalue weighted by Crippen LogP contribution is 2.19. The van der Waals surface area contributed by atoms with Gasteiger partial charge < -0.3 is 19.9 Å². The average molecular weight is 528 g/mol. The van der Waals surface area contributed by atoms with E-state index in [1.165, 1.54) is 11.8 Å². The van der Waals surface area contributed by atoms with E-state index in [9.17, 15) is 14.4 Å². The van der Waals surface area contributed by atoms with Crippen molar-refractivity contribution in [1.29, 1.82) is 0 Å². The smallest absolute Gasteiger partial charge is 0.338 e. The van der Waals surface area contributed by atoms with Gasteiger partial charge in [0.15, 0.2) is 11.0 Å². The number of nitrogens with one attached hydrogen (secondary N) is 2. The largest absolute Gasteiger partial charge is 0.459 e. The van der Waals surface area contributed by atoms with Gasteiger partial charge in [0.1, 0.15) is 0 Å². The molecule has 3 aromatic rings. The third-order valence-corrected chi connectivity index (χ3v) is 5.89. The number of rotatable bonds is 11. The van der Waals surface area contributed by atoms with E-state index < -0.39 is 5.97 Å². The molecule has 2 aromatic carbocycles. The molecule has 0 unspecified atom stereocenters. The van der Waals surface area contributed by atoms with E-state index in [1.807, 2.05) is 0 Å². The Hall–Kier alpha value is -3.63. The van der Waals surface area contributed by atoms with Crippen LogP contribution in [0.25, 0.3) is 0 Å². The van der Waals surface area contributed by atoms with Gasteiger partial charge in [0.25, 0.3) is 5.91 Å². The van der Waals surface area contributed by atoms with Crippen molar-refractivity contribution in [3.8, 4) is 0 Å². The first-order valence-electron chi connectivity index (χ1n) is 11.1. The summed E-state index contributed by atoms with van der Waals surface area (Å²) in [5.74, 6) is -0.416. The first-order chi connectivity index (χ1) is 17.3. The van der Waals surface area contributed by atoms with Gasteiger partial charge in [0.2, 0.25) is 5.91 Å². The zero-order valence-electron chi connectivity index (χ0n) is 19.9. The van der Waals surface area contributed by atoms with Crippen LogP contribution in [0.2, 0.25) is 5.02 Å². The number of hydrogen-bond acceptors (Lipinski definition) is 7. The van der Waals surface area contributed by atoms with E-state index in [4.69, 9.17) is 16.3 Å². The summed E-state index contributed by atoms with van der Waals surface area (Å²) in [6, 6.07) is 13.1. The predicted molar refractivity (Wildman–Crippen MR) is 139 cm³/mol. The molecule has 0 bridgehead atoms. The van der Waals surface area contributed by atoms with Gasteiger partial charge in [-0.25, -0.2) is 4.79 Å². The maximum Gasteiger partial charge on any atom is 0.338 e. The van der Waals surface area contributed by atoms with Crippen LogP contribution in [0.1, 0.15) is 40.4 Å². The predicted octanol–water partition coefficient (Wildman–Crippen LogP) is 4.34. The molecular formula is C25H26ClN5O4S. The van der Waals surface area contributed by atoms with E-state index >= 15 is 0 Å². The fourth-order valence-corrected chi connectivity index (χ4v) is 3.96. The molecule has 188 valence electrons. The van der Waals surface area contributed by atoms with Gasteiger partial charge in [-0.15, -0.1) is 16.8 Å². The van der Waals surface area contributed by atoms with Gasteiger partial charge in [-0.05, 0) is 56.3 Å². The number of amides is 2. The van der Waals surface area contributed by atoms with Gasteiger partial charge in [0, 0.05) is 22.8 Å². The molecule has 0 atom stereocenters. The Labute approximate surface area is 218 Å². The monoisotopic (exact) mass is 527 g/mol. The summed E-state index contributed by atoms with van der Waals surface area (Å²) in [6.45, 7) is 7.85. The molecule has 0 aliphatic carbocycles. The number of allylic oxidation sites excluding steroid dienone is 1. The number of nitrogens with zero attached hydrogens (tertiary/aromatic N) is 3. The second-order valence-corrected chi connectivity index (χ2v) is 9.24. The summed E-state index contributed by atoms with van der Waals surface area (Å²) in [7, 11) is 0. The number of ether oxygens (including phenoxy) is 1. The third-order valence-electron chi connectivity index (χ3n) is 4.68. The minimum absolute atomic E-state index is 0.0626. The van der Waals surface area contributed by atoms with Crippen molar-refractivity contribution in [2.75, 3.05) is 11.1 Å². The van der Waals surface area contributed by atoms with Crippen molar-refractivity contribution in [3.63, 3.8) is 0 Å². The standard InChI is InChI=1S/C25H26ClN5O4S/c1-4-12-31-21(14-27-23(33)17-8-10-19(26)11-9-17)29-30-25(31)36-15-22(32)28-20-7-5-6-18(13-20)24(34)35-16(2)3/h4-11,13,16H,1,12,14-15H2,2-3H3,(H,27,33)(H,28,32). The van der Waals surface area contributed by atoms with Gasteiger partial charge in [-0.2, -0.15) is 0 Å². The number of anilines is 1. The van der Waals surface area contributed by atoms with Crippen molar-refractivity contribution in [2.24, 2.45) is 0 Å². The highest BCUT2D eigenvalue weighted by molar-refractivity contribution is 7.99. The number of aromatic nitrogens is 3. The van der Waals surface area contributed by atoms with Crippen molar-refractivity contribution >= 4 is 46.8 Å². The lowest BCUT2D eigenvalue weighted by Crippen LogP contribution is -2.24. The third kappa shape index (κ3) is 7.69. The van der Waals surface area contributed by atoms with Crippen molar-refractivity contribution in [3.05, 3.63) is 83.2 Å². The number of esters is 1. The Morgan fingerprint density at radius 3 is 2.58 bits per heavy atom. The Morgan fingerprint density at radius 2 is 1.89 bits per heavy atom. The molecule has 0 spiro atoms. The summed E-state index contributed by atoms with van der Waals surface area (Å²) in [4.78, 5) is 37.0.